The molecule has 2 amide bonds. The molecule has 10 nitrogen and oxygen atoms in total. The number of H-pyrrole nitrogens is 2. The summed E-state index contributed by atoms with van der Waals surface area (Å²) in [6.45, 7) is 3.91. The fraction of sp³-hybridized carbons (Fsp3) is 0.391. The Bertz CT molecular complexity index is 1090. The number of benzene rings is 1. The van der Waals surface area contributed by atoms with Gasteiger partial charge in [0, 0.05) is 41.8 Å². The van der Waals surface area contributed by atoms with Crippen molar-refractivity contribution in [3.8, 4) is 0 Å². The predicted octanol–water partition coefficient (Wildman–Crippen LogP) is 1.10. The molecule has 2 heterocycles. The number of carboxylic acid groups (broad SMARTS) is 1. The summed E-state index contributed by atoms with van der Waals surface area (Å²) >= 11 is 0. The van der Waals surface area contributed by atoms with Crippen LogP contribution in [0, 0.1) is 5.92 Å². The Hall–Kier alpha value is -3.66. The maximum absolute atomic E-state index is 13.2. The predicted molar refractivity (Wildman–Crippen MR) is 123 cm³/mol. The number of rotatable bonds is 11. The zero-order valence-corrected chi connectivity index (χ0v) is 18.7. The topological polar surface area (TPSA) is 166 Å². The van der Waals surface area contributed by atoms with Crippen LogP contribution < -0.4 is 16.4 Å². The van der Waals surface area contributed by atoms with Gasteiger partial charge in [-0.3, -0.25) is 9.59 Å². The van der Waals surface area contributed by atoms with E-state index in [-0.39, 0.29) is 18.8 Å². The second-order valence-corrected chi connectivity index (χ2v) is 8.54. The van der Waals surface area contributed by atoms with E-state index < -0.39 is 35.9 Å². The SMILES string of the molecule is CC(C)CC(N)C(=O)NC(Cc1c[nH]c2ccccc12)C(=O)NC(Cc1cnc[nH]1)C(=O)O. The first-order valence-electron chi connectivity index (χ1n) is 10.9. The first-order chi connectivity index (χ1) is 15.7. The van der Waals surface area contributed by atoms with Crippen LogP contribution in [-0.4, -0.2) is 56.0 Å². The van der Waals surface area contributed by atoms with Crippen LogP contribution in [0.2, 0.25) is 0 Å². The molecule has 176 valence electrons. The minimum absolute atomic E-state index is 0.0295. The molecule has 0 radical (unpaired) electrons. The lowest BCUT2D eigenvalue weighted by Crippen LogP contribution is -2.55. The van der Waals surface area contributed by atoms with E-state index in [2.05, 4.69) is 25.6 Å². The van der Waals surface area contributed by atoms with Crippen LogP contribution in [-0.2, 0) is 27.2 Å². The van der Waals surface area contributed by atoms with Crippen LogP contribution >= 0.6 is 0 Å². The van der Waals surface area contributed by atoms with Gasteiger partial charge in [-0.05, 0) is 24.0 Å². The number of carbonyl (C=O) groups excluding carboxylic acids is 2. The number of carbonyl (C=O) groups is 3. The van der Waals surface area contributed by atoms with E-state index in [1.807, 2.05) is 38.1 Å². The third-order valence-corrected chi connectivity index (χ3v) is 5.39. The fourth-order valence-electron chi connectivity index (χ4n) is 3.71. The monoisotopic (exact) mass is 454 g/mol. The maximum Gasteiger partial charge on any atom is 0.326 e. The number of aromatic nitrogens is 3. The highest BCUT2D eigenvalue weighted by Gasteiger charge is 2.29. The van der Waals surface area contributed by atoms with Crippen LogP contribution in [0.3, 0.4) is 0 Å². The Morgan fingerprint density at radius 2 is 1.79 bits per heavy atom. The maximum atomic E-state index is 13.2. The van der Waals surface area contributed by atoms with Gasteiger partial charge in [-0.25, -0.2) is 9.78 Å². The van der Waals surface area contributed by atoms with Gasteiger partial charge in [0.25, 0.3) is 0 Å². The summed E-state index contributed by atoms with van der Waals surface area (Å²) in [6.07, 6.45) is 5.38. The minimum Gasteiger partial charge on any atom is -0.480 e. The standard InChI is InChI=1S/C23H30N6O4/c1-13(2)7-17(24)21(30)28-19(8-14-10-26-18-6-4-3-5-16(14)18)22(31)29-20(23(32)33)9-15-11-25-12-27-15/h3-6,10-13,17,19-20,26H,7-9,24H2,1-2H3,(H,25,27)(H,28,30)(H,29,31)(H,32,33). The normalized spacial score (nSPS) is 14.1. The van der Waals surface area contributed by atoms with Crippen molar-refractivity contribution < 1.29 is 19.5 Å². The van der Waals surface area contributed by atoms with Crippen LogP contribution in [0.4, 0.5) is 0 Å². The second kappa shape index (κ2) is 10.8. The molecular formula is C23H30N6O4. The van der Waals surface area contributed by atoms with E-state index in [0.717, 1.165) is 16.5 Å². The van der Waals surface area contributed by atoms with Crippen molar-refractivity contribution in [2.24, 2.45) is 11.7 Å². The number of amides is 2. The molecule has 2 aromatic heterocycles. The minimum atomic E-state index is -1.19. The van der Waals surface area contributed by atoms with Gasteiger partial charge in [-0.2, -0.15) is 0 Å². The van der Waals surface area contributed by atoms with Gasteiger partial charge in [-0.1, -0.05) is 32.0 Å². The number of nitrogens with two attached hydrogens (primary N) is 1. The van der Waals surface area contributed by atoms with Crippen molar-refractivity contribution in [1.82, 2.24) is 25.6 Å². The van der Waals surface area contributed by atoms with Crippen LogP contribution in [0.1, 0.15) is 31.5 Å². The van der Waals surface area contributed by atoms with Gasteiger partial charge < -0.3 is 31.4 Å². The highest BCUT2D eigenvalue weighted by atomic mass is 16.4. The van der Waals surface area contributed by atoms with Gasteiger partial charge in [0.05, 0.1) is 12.4 Å². The average Bonchev–Trinajstić information content (AvgIpc) is 3.42. The summed E-state index contributed by atoms with van der Waals surface area (Å²) in [7, 11) is 0. The summed E-state index contributed by atoms with van der Waals surface area (Å²) in [5.41, 5.74) is 8.31. The number of aromatic amines is 2. The summed E-state index contributed by atoms with van der Waals surface area (Å²) in [4.78, 5) is 47.5. The van der Waals surface area contributed by atoms with Crippen molar-refractivity contribution >= 4 is 28.7 Å². The number of nitrogens with zero attached hydrogens (tertiary/aromatic N) is 1. The fourth-order valence-corrected chi connectivity index (χ4v) is 3.71. The zero-order chi connectivity index (χ0) is 24.0. The van der Waals surface area contributed by atoms with Gasteiger partial charge in [-0.15, -0.1) is 0 Å². The first-order valence-corrected chi connectivity index (χ1v) is 10.9. The molecule has 0 aliphatic rings. The van der Waals surface area contributed by atoms with Gasteiger partial charge in [0.1, 0.15) is 12.1 Å². The third kappa shape index (κ3) is 6.42. The van der Waals surface area contributed by atoms with E-state index in [4.69, 9.17) is 5.73 Å². The molecule has 1 aromatic carbocycles. The number of para-hydroxylation sites is 1. The second-order valence-electron chi connectivity index (χ2n) is 8.54. The molecule has 10 heteroatoms. The van der Waals surface area contributed by atoms with Crippen molar-refractivity contribution in [1.29, 1.82) is 0 Å². The number of carboxylic acids is 1. The van der Waals surface area contributed by atoms with E-state index in [1.165, 1.54) is 12.5 Å². The summed E-state index contributed by atoms with van der Waals surface area (Å²) < 4.78 is 0. The number of hydrogen-bond donors (Lipinski definition) is 6. The number of aliphatic carboxylic acids is 1. The Morgan fingerprint density at radius 3 is 2.45 bits per heavy atom. The van der Waals surface area contributed by atoms with Crippen molar-refractivity contribution in [2.75, 3.05) is 0 Å². The molecule has 0 aliphatic carbocycles. The Morgan fingerprint density at radius 1 is 1.06 bits per heavy atom. The molecule has 0 saturated heterocycles. The van der Waals surface area contributed by atoms with Crippen molar-refractivity contribution in [3.05, 3.63) is 54.2 Å². The zero-order valence-electron chi connectivity index (χ0n) is 18.7. The van der Waals surface area contributed by atoms with Gasteiger partial charge in [0.2, 0.25) is 11.8 Å². The molecule has 7 N–H and O–H groups in total. The van der Waals surface area contributed by atoms with Crippen LogP contribution in [0.15, 0.2) is 43.0 Å². The molecule has 3 rings (SSSR count). The summed E-state index contributed by atoms with van der Waals surface area (Å²) in [5.74, 6) is -2.04. The van der Waals surface area contributed by atoms with Crippen molar-refractivity contribution in [2.45, 2.75) is 51.2 Å². The molecule has 0 aliphatic heterocycles. The summed E-state index contributed by atoms with van der Waals surface area (Å²) in [6, 6.07) is 4.64. The third-order valence-electron chi connectivity index (χ3n) is 5.39. The highest BCUT2D eigenvalue weighted by molar-refractivity contribution is 5.93. The van der Waals surface area contributed by atoms with E-state index in [0.29, 0.717) is 12.1 Å². The first kappa shape index (κ1) is 24.0. The summed E-state index contributed by atoms with van der Waals surface area (Å²) in [5, 5.41) is 15.8. The van der Waals surface area contributed by atoms with Crippen LogP contribution in [0.5, 0.6) is 0 Å². The van der Waals surface area contributed by atoms with E-state index in [9.17, 15) is 19.5 Å². The van der Waals surface area contributed by atoms with E-state index >= 15 is 0 Å². The smallest absolute Gasteiger partial charge is 0.326 e. The Kier molecular flexibility index (Phi) is 7.83. The Balaban J connectivity index is 1.80. The van der Waals surface area contributed by atoms with Gasteiger partial charge in [0.15, 0.2) is 0 Å². The lowest BCUT2D eigenvalue weighted by atomic mass is 10.0. The molecule has 0 fully saturated rings. The van der Waals surface area contributed by atoms with E-state index in [1.54, 1.807) is 6.20 Å². The molecule has 33 heavy (non-hydrogen) atoms. The molecule has 0 spiro atoms. The number of nitrogens with one attached hydrogen (secondary N) is 4. The lowest BCUT2D eigenvalue weighted by molar-refractivity contribution is -0.142. The lowest BCUT2D eigenvalue weighted by Gasteiger charge is -2.23. The van der Waals surface area contributed by atoms with Crippen molar-refractivity contribution in [3.63, 3.8) is 0 Å². The quantitative estimate of drug-likeness (QED) is 0.254. The van der Waals surface area contributed by atoms with Crippen LogP contribution in [0.25, 0.3) is 10.9 Å². The Labute approximate surface area is 191 Å². The molecule has 3 aromatic rings. The molecule has 0 saturated carbocycles. The number of imidazole rings is 1. The largest absolute Gasteiger partial charge is 0.480 e. The van der Waals surface area contributed by atoms with Gasteiger partial charge >= 0.3 is 5.97 Å². The molecule has 0 bridgehead atoms. The number of fused-ring (bicyclic) bond motifs is 1. The molecular weight excluding hydrogens is 424 g/mol. The molecule has 3 unspecified atom stereocenters. The molecule has 3 atom stereocenters. The number of hydrogen-bond acceptors (Lipinski definition) is 5. The average molecular weight is 455 g/mol. The highest BCUT2D eigenvalue weighted by Crippen LogP contribution is 2.19.